The Labute approximate surface area is 210 Å². The van der Waals surface area contributed by atoms with E-state index in [1.165, 1.54) is 0 Å². The fourth-order valence-electron chi connectivity index (χ4n) is 4.27. The van der Waals surface area contributed by atoms with Crippen LogP contribution in [-0.2, 0) is 19.1 Å². The number of aromatic nitrogens is 1. The van der Waals surface area contributed by atoms with Crippen LogP contribution in [0.25, 0.3) is 11.1 Å². The van der Waals surface area contributed by atoms with Gasteiger partial charge in [0.2, 0.25) is 0 Å². The molecule has 0 saturated heterocycles. The molecule has 1 aromatic carbocycles. The standard InChI is InChI=1S/C26H34ClNO7/c1-14-12-33-13-18(27)7-9-20(17-6-8-21-19(10-17)28-16(3)34-21)35-23(30)11-22(29)26(4,5)25(32)15(2)24(14)31/h6-8,10,14-15,20,22,24,29,31H,9,11-13H2,1-5H3/b18-7+/t14-,15-,20-,22-,24-/m0/s1. The predicted molar refractivity (Wildman–Crippen MR) is 131 cm³/mol. The van der Waals surface area contributed by atoms with E-state index >= 15 is 0 Å². The number of halogens is 1. The largest absolute Gasteiger partial charge is 0.457 e. The van der Waals surface area contributed by atoms with Crippen molar-refractivity contribution in [2.45, 2.75) is 65.8 Å². The molecular weight excluding hydrogens is 474 g/mol. The van der Waals surface area contributed by atoms with Crippen LogP contribution in [0.5, 0.6) is 0 Å². The van der Waals surface area contributed by atoms with Crippen molar-refractivity contribution in [1.82, 2.24) is 4.98 Å². The smallest absolute Gasteiger partial charge is 0.309 e. The van der Waals surface area contributed by atoms with Gasteiger partial charge < -0.3 is 24.1 Å². The average Bonchev–Trinajstić information content (AvgIpc) is 3.18. The van der Waals surface area contributed by atoms with Crippen LogP contribution in [0.2, 0.25) is 0 Å². The van der Waals surface area contributed by atoms with Crippen LogP contribution in [0.4, 0.5) is 0 Å². The van der Waals surface area contributed by atoms with Crippen molar-refractivity contribution in [2.24, 2.45) is 17.3 Å². The van der Waals surface area contributed by atoms with Gasteiger partial charge in [-0.2, -0.15) is 0 Å². The number of hydrogen-bond donors (Lipinski definition) is 2. The van der Waals surface area contributed by atoms with E-state index in [-0.39, 0.29) is 37.8 Å². The van der Waals surface area contributed by atoms with Crippen LogP contribution in [0.15, 0.2) is 33.7 Å². The summed E-state index contributed by atoms with van der Waals surface area (Å²) in [6.07, 6.45) is -1.36. The number of cyclic esters (lactones) is 1. The molecule has 0 amide bonds. The van der Waals surface area contributed by atoms with Gasteiger partial charge in [-0.25, -0.2) is 4.98 Å². The number of hydrogen-bond acceptors (Lipinski definition) is 8. The van der Waals surface area contributed by atoms with E-state index in [4.69, 9.17) is 25.5 Å². The number of aliphatic hydroxyl groups is 2. The highest BCUT2D eigenvalue weighted by Crippen LogP contribution is 2.33. The zero-order chi connectivity index (χ0) is 25.9. The summed E-state index contributed by atoms with van der Waals surface area (Å²) in [6.45, 7) is 8.61. The second-order valence-corrected chi connectivity index (χ2v) is 10.4. The quantitative estimate of drug-likeness (QED) is 0.550. The number of Topliss-reactive ketones (excluding diaryl/α,β-unsaturated/α-hetero) is 1. The summed E-state index contributed by atoms with van der Waals surface area (Å²) in [7, 11) is 0. The summed E-state index contributed by atoms with van der Waals surface area (Å²) in [5.41, 5.74) is 0.674. The molecule has 1 aromatic heterocycles. The van der Waals surface area contributed by atoms with E-state index < -0.39 is 35.6 Å². The highest BCUT2D eigenvalue weighted by molar-refractivity contribution is 6.29. The Morgan fingerprint density at radius 3 is 2.60 bits per heavy atom. The van der Waals surface area contributed by atoms with Crippen LogP contribution >= 0.6 is 11.6 Å². The molecule has 0 saturated carbocycles. The van der Waals surface area contributed by atoms with Gasteiger partial charge in [0.25, 0.3) is 0 Å². The molecule has 8 nitrogen and oxygen atoms in total. The molecule has 0 radical (unpaired) electrons. The van der Waals surface area contributed by atoms with Gasteiger partial charge in [-0.3, -0.25) is 9.59 Å². The molecule has 0 spiro atoms. The minimum absolute atomic E-state index is 0.118. The van der Waals surface area contributed by atoms with E-state index in [0.29, 0.717) is 27.6 Å². The minimum Gasteiger partial charge on any atom is -0.457 e. The molecule has 1 aliphatic rings. The number of carbonyl (C=O) groups excluding carboxylic acids is 2. The maximum absolute atomic E-state index is 13.1. The van der Waals surface area contributed by atoms with Gasteiger partial charge in [0.15, 0.2) is 11.5 Å². The number of carbonyl (C=O) groups is 2. The number of rotatable bonds is 1. The first-order valence-corrected chi connectivity index (χ1v) is 12.2. The fourth-order valence-corrected chi connectivity index (χ4v) is 4.43. The first-order valence-electron chi connectivity index (χ1n) is 11.8. The van der Waals surface area contributed by atoms with Crippen LogP contribution in [-0.4, -0.2) is 52.4 Å². The molecular formula is C26H34ClNO7. The molecule has 0 aliphatic carbocycles. The highest BCUT2D eigenvalue weighted by atomic mass is 35.5. The minimum atomic E-state index is -1.29. The van der Waals surface area contributed by atoms with Crippen molar-refractivity contribution in [3.8, 4) is 0 Å². The third-order valence-electron chi connectivity index (χ3n) is 6.68. The second-order valence-electron chi connectivity index (χ2n) is 9.90. The van der Waals surface area contributed by atoms with Crippen molar-refractivity contribution in [3.63, 3.8) is 0 Å². The molecule has 2 aromatic rings. The molecule has 2 heterocycles. The van der Waals surface area contributed by atoms with E-state index in [9.17, 15) is 19.8 Å². The Kier molecular flexibility index (Phi) is 8.75. The van der Waals surface area contributed by atoms with Crippen molar-refractivity contribution in [3.05, 3.63) is 40.8 Å². The lowest BCUT2D eigenvalue weighted by Gasteiger charge is -2.34. The molecule has 1 aliphatic heterocycles. The summed E-state index contributed by atoms with van der Waals surface area (Å²) < 4.78 is 16.9. The molecule has 3 rings (SSSR count). The number of aryl methyl sites for hydroxylation is 1. The molecule has 0 fully saturated rings. The van der Waals surface area contributed by atoms with Gasteiger partial charge in [-0.05, 0) is 17.7 Å². The number of aliphatic hydroxyl groups excluding tert-OH is 2. The monoisotopic (exact) mass is 507 g/mol. The van der Waals surface area contributed by atoms with Crippen molar-refractivity contribution < 1.29 is 33.7 Å². The molecule has 35 heavy (non-hydrogen) atoms. The number of nitrogens with zero attached hydrogens (tertiary/aromatic N) is 1. The number of esters is 1. The summed E-state index contributed by atoms with van der Waals surface area (Å²) >= 11 is 6.34. The number of benzene rings is 1. The van der Waals surface area contributed by atoms with Crippen molar-refractivity contribution in [2.75, 3.05) is 13.2 Å². The third-order valence-corrected chi connectivity index (χ3v) is 6.94. The predicted octanol–water partition coefficient (Wildman–Crippen LogP) is 4.24. The fraction of sp³-hybridized carbons (Fsp3) is 0.577. The Balaban J connectivity index is 1.91. The zero-order valence-electron chi connectivity index (χ0n) is 20.8. The Hall–Kier alpha value is -2.26. The zero-order valence-corrected chi connectivity index (χ0v) is 21.5. The first kappa shape index (κ1) is 27.3. The van der Waals surface area contributed by atoms with Gasteiger partial charge in [-0.15, -0.1) is 0 Å². The average molecular weight is 508 g/mol. The molecule has 0 unspecified atom stereocenters. The SMILES string of the molecule is Cc1nc2cc([C@@H]3C/C=C(/Cl)COC[C@H](C)[C@H](O)[C@H](C)C(=O)C(C)(C)[C@@H](O)CC(=O)O3)ccc2o1. The van der Waals surface area contributed by atoms with Gasteiger partial charge in [0.05, 0.1) is 37.3 Å². The van der Waals surface area contributed by atoms with E-state index in [1.807, 2.05) is 0 Å². The summed E-state index contributed by atoms with van der Waals surface area (Å²) in [5, 5.41) is 21.9. The number of oxazole rings is 1. The lowest BCUT2D eigenvalue weighted by Crippen LogP contribution is -2.46. The van der Waals surface area contributed by atoms with Crippen LogP contribution in [0, 0.1) is 24.2 Å². The second kappa shape index (κ2) is 11.2. The van der Waals surface area contributed by atoms with E-state index in [1.54, 1.807) is 58.9 Å². The Morgan fingerprint density at radius 1 is 1.17 bits per heavy atom. The van der Waals surface area contributed by atoms with Gasteiger partial charge in [0, 0.05) is 30.2 Å². The maximum atomic E-state index is 13.1. The van der Waals surface area contributed by atoms with Crippen molar-refractivity contribution in [1.29, 1.82) is 0 Å². The summed E-state index contributed by atoms with van der Waals surface area (Å²) in [6, 6.07) is 5.34. The molecule has 9 heteroatoms. The molecule has 0 bridgehead atoms. The first-order chi connectivity index (χ1) is 16.4. The highest BCUT2D eigenvalue weighted by Gasteiger charge is 2.42. The molecule has 2 N–H and O–H groups in total. The van der Waals surface area contributed by atoms with Crippen LogP contribution in [0.3, 0.4) is 0 Å². The lowest BCUT2D eigenvalue weighted by molar-refractivity contribution is -0.156. The van der Waals surface area contributed by atoms with Crippen molar-refractivity contribution >= 4 is 34.5 Å². The number of fused-ring (bicyclic) bond motifs is 1. The van der Waals surface area contributed by atoms with Crippen LogP contribution < -0.4 is 0 Å². The molecule has 5 atom stereocenters. The normalized spacial score (nSPS) is 31.1. The van der Waals surface area contributed by atoms with Gasteiger partial charge in [0.1, 0.15) is 17.4 Å². The summed E-state index contributed by atoms with van der Waals surface area (Å²) in [4.78, 5) is 30.3. The lowest BCUT2D eigenvalue weighted by atomic mass is 9.73. The maximum Gasteiger partial charge on any atom is 0.309 e. The van der Waals surface area contributed by atoms with E-state index in [0.717, 1.165) is 0 Å². The summed E-state index contributed by atoms with van der Waals surface area (Å²) in [5.74, 6) is -1.58. The number of ether oxygens (including phenoxy) is 2. The topological polar surface area (TPSA) is 119 Å². The Morgan fingerprint density at radius 2 is 1.89 bits per heavy atom. The van der Waals surface area contributed by atoms with Crippen LogP contribution in [0.1, 0.15) is 58.1 Å². The number of ketones is 1. The molecule has 192 valence electrons. The third kappa shape index (κ3) is 6.50. The van der Waals surface area contributed by atoms with E-state index in [2.05, 4.69) is 4.98 Å². The Bertz CT molecular complexity index is 1090. The van der Waals surface area contributed by atoms with Gasteiger partial charge in [-0.1, -0.05) is 51.4 Å². The van der Waals surface area contributed by atoms with Gasteiger partial charge >= 0.3 is 5.97 Å².